The molecule has 0 saturated carbocycles. The molecule has 0 aliphatic heterocycles. The summed E-state index contributed by atoms with van der Waals surface area (Å²) in [7, 11) is 0. The number of rotatable bonds is 2. The molecule has 4 nitrogen and oxygen atoms in total. The first-order chi connectivity index (χ1) is 10.1. The van der Waals surface area contributed by atoms with Gasteiger partial charge in [0.05, 0.1) is 11.6 Å². The second-order valence-corrected chi connectivity index (χ2v) is 5.78. The third-order valence-electron chi connectivity index (χ3n) is 3.36. The monoisotopic (exact) mass is 343 g/mol. The molecule has 0 aliphatic carbocycles. The number of hydrogen-bond donors (Lipinski definition) is 1. The zero-order valence-corrected chi connectivity index (χ0v) is 13.3. The van der Waals surface area contributed by atoms with E-state index in [0.29, 0.717) is 11.5 Å². The summed E-state index contributed by atoms with van der Waals surface area (Å²) in [4.78, 5) is 13.4. The second-order valence-electron chi connectivity index (χ2n) is 4.92. The minimum Gasteiger partial charge on any atom is -0.389 e. The average Bonchev–Trinajstić information content (AvgIpc) is 2.46. The lowest BCUT2D eigenvalue weighted by molar-refractivity contribution is 0.197. The number of fused-ring (bicyclic) bond motifs is 1. The van der Waals surface area contributed by atoms with Crippen LogP contribution in [0.3, 0.4) is 0 Å². The van der Waals surface area contributed by atoms with Crippen molar-refractivity contribution in [3.63, 3.8) is 0 Å². The number of aryl methyl sites for hydroxylation is 1. The maximum Gasteiger partial charge on any atom is 0.179 e. The van der Waals surface area contributed by atoms with Crippen LogP contribution in [-0.2, 0) is 0 Å². The Morgan fingerprint density at radius 1 is 1.19 bits per heavy atom. The Morgan fingerprint density at radius 2 is 1.95 bits per heavy atom. The smallest absolute Gasteiger partial charge is 0.179 e. The maximum absolute atomic E-state index is 9.66. The molecular weight excluding hydrogens is 330 g/mol. The van der Waals surface area contributed by atoms with Gasteiger partial charge in [0.2, 0.25) is 0 Å². The number of aliphatic hydroxyl groups excluding tert-OH is 1. The third kappa shape index (κ3) is 2.66. The Balaban J connectivity index is 2.16. The van der Waals surface area contributed by atoms with Crippen LogP contribution in [0.25, 0.3) is 22.4 Å². The Morgan fingerprint density at radius 3 is 2.67 bits per heavy atom. The topological polar surface area (TPSA) is 58.9 Å². The van der Waals surface area contributed by atoms with Gasteiger partial charge in [-0.3, -0.25) is 0 Å². The molecule has 1 N–H and O–H groups in total. The van der Waals surface area contributed by atoms with E-state index in [0.717, 1.165) is 26.6 Å². The molecule has 0 fully saturated rings. The molecule has 0 bridgehead atoms. The number of halogens is 1. The van der Waals surface area contributed by atoms with Crippen molar-refractivity contribution in [1.29, 1.82) is 0 Å². The summed E-state index contributed by atoms with van der Waals surface area (Å²) in [6.45, 7) is 3.57. The quantitative estimate of drug-likeness (QED) is 0.768. The van der Waals surface area contributed by atoms with Gasteiger partial charge in [0.25, 0.3) is 0 Å². The van der Waals surface area contributed by atoms with Crippen LogP contribution in [0.5, 0.6) is 0 Å². The molecule has 0 unspecified atom stereocenters. The summed E-state index contributed by atoms with van der Waals surface area (Å²) < 4.78 is 0.852. The van der Waals surface area contributed by atoms with Gasteiger partial charge in [0, 0.05) is 27.3 Å². The molecule has 3 aromatic rings. The number of benzene rings is 1. The molecule has 106 valence electrons. The highest BCUT2D eigenvalue weighted by Crippen LogP contribution is 2.28. The summed E-state index contributed by atoms with van der Waals surface area (Å²) in [5, 5.41) is 10.7. The number of hydrogen-bond acceptors (Lipinski definition) is 4. The summed E-state index contributed by atoms with van der Waals surface area (Å²) in [6, 6.07) is 9.92. The summed E-state index contributed by atoms with van der Waals surface area (Å²) >= 11 is 3.53. The minimum absolute atomic E-state index is 0.550. The summed E-state index contributed by atoms with van der Waals surface area (Å²) in [5.74, 6) is 0.550. The van der Waals surface area contributed by atoms with Crippen LogP contribution < -0.4 is 0 Å². The lowest BCUT2D eigenvalue weighted by Gasteiger charge is -2.10. The SMILES string of the molecule is Cc1nc(-c2nc3ccccc3cc2Br)ncc1[C@@H](C)O. The highest BCUT2D eigenvalue weighted by atomic mass is 79.9. The highest BCUT2D eigenvalue weighted by molar-refractivity contribution is 9.10. The van der Waals surface area contributed by atoms with Crippen LogP contribution in [0.4, 0.5) is 0 Å². The van der Waals surface area contributed by atoms with E-state index in [-0.39, 0.29) is 0 Å². The molecule has 3 rings (SSSR count). The fourth-order valence-corrected chi connectivity index (χ4v) is 2.76. The van der Waals surface area contributed by atoms with Crippen LogP contribution in [0.2, 0.25) is 0 Å². The molecule has 0 amide bonds. The summed E-state index contributed by atoms with van der Waals surface area (Å²) in [5.41, 5.74) is 3.10. The van der Waals surface area contributed by atoms with Crippen LogP contribution >= 0.6 is 15.9 Å². The number of para-hydroxylation sites is 1. The van der Waals surface area contributed by atoms with Crippen molar-refractivity contribution in [1.82, 2.24) is 15.0 Å². The van der Waals surface area contributed by atoms with E-state index in [2.05, 4.69) is 30.9 Å². The minimum atomic E-state index is -0.577. The normalized spacial score (nSPS) is 12.6. The molecule has 0 spiro atoms. The number of nitrogens with zero attached hydrogens (tertiary/aromatic N) is 3. The predicted molar refractivity (Wildman–Crippen MR) is 85.8 cm³/mol. The van der Waals surface area contributed by atoms with E-state index in [9.17, 15) is 5.11 Å². The van der Waals surface area contributed by atoms with Gasteiger partial charge in [-0.2, -0.15) is 0 Å². The van der Waals surface area contributed by atoms with Crippen molar-refractivity contribution in [2.24, 2.45) is 0 Å². The van der Waals surface area contributed by atoms with Crippen LogP contribution in [0.15, 0.2) is 41.0 Å². The van der Waals surface area contributed by atoms with E-state index in [1.807, 2.05) is 37.3 Å². The molecule has 5 heteroatoms. The van der Waals surface area contributed by atoms with Gasteiger partial charge < -0.3 is 5.11 Å². The lowest BCUT2D eigenvalue weighted by atomic mass is 10.1. The van der Waals surface area contributed by atoms with E-state index in [1.54, 1.807) is 13.1 Å². The number of pyridine rings is 1. The van der Waals surface area contributed by atoms with Gasteiger partial charge in [-0.15, -0.1) is 0 Å². The van der Waals surface area contributed by atoms with Gasteiger partial charge in [0.15, 0.2) is 5.82 Å². The predicted octanol–water partition coefficient (Wildman–Crippen LogP) is 3.82. The van der Waals surface area contributed by atoms with Gasteiger partial charge >= 0.3 is 0 Å². The van der Waals surface area contributed by atoms with E-state index in [4.69, 9.17) is 0 Å². The fourth-order valence-electron chi connectivity index (χ4n) is 2.25. The third-order valence-corrected chi connectivity index (χ3v) is 3.96. The van der Waals surface area contributed by atoms with Gasteiger partial charge in [-0.25, -0.2) is 15.0 Å². The van der Waals surface area contributed by atoms with Crippen LogP contribution in [-0.4, -0.2) is 20.1 Å². The molecule has 2 heterocycles. The molecule has 0 saturated heterocycles. The van der Waals surface area contributed by atoms with Gasteiger partial charge in [0.1, 0.15) is 5.69 Å². The molecular formula is C16H14BrN3O. The van der Waals surface area contributed by atoms with Crippen molar-refractivity contribution in [2.75, 3.05) is 0 Å². The van der Waals surface area contributed by atoms with Crippen molar-refractivity contribution in [2.45, 2.75) is 20.0 Å². The summed E-state index contributed by atoms with van der Waals surface area (Å²) in [6.07, 6.45) is 1.08. The number of aliphatic hydroxyl groups is 1. The maximum atomic E-state index is 9.66. The van der Waals surface area contributed by atoms with Crippen molar-refractivity contribution >= 4 is 26.8 Å². The molecule has 0 radical (unpaired) electrons. The van der Waals surface area contributed by atoms with E-state index in [1.165, 1.54) is 0 Å². The standard InChI is InChI=1S/C16H14BrN3O/c1-9-12(10(2)21)8-18-16(19-9)15-13(17)7-11-5-3-4-6-14(11)20-15/h3-8,10,21H,1-2H3/t10-/m1/s1. The highest BCUT2D eigenvalue weighted by Gasteiger charge is 2.13. The first kappa shape index (κ1) is 14.1. The average molecular weight is 344 g/mol. The number of aromatic nitrogens is 3. The molecule has 1 atom stereocenters. The molecule has 2 aromatic heterocycles. The Bertz CT molecular complexity index is 818. The van der Waals surface area contributed by atoms with E-state index < -0.39 is 6.10 Å². The largest absolute Gasteiger partial charge is 0.389 e. The molecule has 1 aromatic carbocycles. The zero-order valence-electron chi connectivity index (χ0n) is 11.7. The Kier molecular flexibility index (Phi) is 3.69. The van der Waals surface area contributed by atoms with Crippen molar-refractivity contribution in [3.05, 3.63) is 52.3 Å². The fraction of sp³-hybridized carbons (Fsp3) is 0.188. The Hall–Kier alpha value is -1.85. The first-order valence-corrected chi connectivity index (χ1v) is 7.43. The zero-order chi connectivity index (χ0) is 15.0. The van der Waals surface area contributed by atoms with Crippen LogP contribution in [0.1, 0.15) is 24.3 Å². The lowest BCUT2D eigenvalue weighted by Crippen LogP contribution is -2.02. The van der Waals surface area contributed by atoms with Crippen molar-refractivity contribution < 1.29 is 5.11 Å². The molecule has 0 aliphatic rings. The molecule has 21 heavy (non-hydrogen) atoms. The first-order valence-electron chi connectivity index (χ1n) is 6.63. The second kappa shape index (κ2) is 5.50. The van der Waals surface area contributed by atoms with E-state index >= 15 is 0 Å². The van der Waals surface area contributed by atoms with Crippen molar-refractivity contribution in [3.8, 4) is 11.5 Å². The van der Waals surface area contributed by atoms with Gasteiger partial charge in [-0.1, -0.05) is 18.2 Å². The Labute approximate surface area is 131 Å². The van der Waals surface area contributed by atoms with Gasteiger partial charge in [-0.05, 0) is 41.9 Å². The van der Waals surface area contributed by atoms with Crippen LogP contribution in [0, 0.1) is 6.92 Å².